The van der Waals surface area contributed by atoms with Crippen molar-refractivity contribution in [1.82, 2.24) is 4.72 Å². The monoisotopic (exact) mass is 391 g/mol. The first-order valence-electron chi connectivity index (χ1n) is 7.75. The second-order valence-electron chi connectivity index (χ2n) is 5.49. The maximum atomic E-state index is 12.6. The molecule has 6 nitrogen and oxygen atoms in total. The first kappa shape index (κ1) is 18.4. The van der Waals surface area contributed by atoms with E-state index in [1.807, 2.05) is 22.9 Å². The number of thiophene rings is 1. The third-order valence-corrected chi connectivity index (χ3v) is 6.04. The van der Waals surface area contributed by atoms with Crippen molar-refractivity contribution in [3.05, 3.63) is 76.4 Å². The number of nitrogens with one attached hydrogen (secondary N) is 1. The standard InChI is InChI=1S/C18H17NO5S2/c1-23-18(20)13-4-6-15(7-5-13)26(21,22)19-11-16(14-8-10-25-12-14)17-3-2-9-24-17/h2-10,12,16,19H,11H2,1H3. The molecule has 0 bridgehead atoms. The van der Waals surface area contributed by atoms with Gasteiger partial charge in [0.1, 0.15) is 5.76 Å². The average Bonchev–Trinajstić information content (AvgIpc) is 3.36. The lowest BCUT2D eigenvalue weighted by molar-refractivity contribution is 0.0600. The molecule has 8 heteroatoms. The highest BCUT2D eigenvalue weighted by atomic mass is 32.2. The summed E-state index contributed by atoms with van der Waals surface area (Å²) >= 11 is 1.54. The molecule has 0 aliphatic rings. The van der Waals surface area contributed by atoms with Crippen LogP contribution >= 0.6 is 11.3 Å². The highest BCUT2D eigenvalue weighted by molar-refractivity contribution is 7.89. The summed E-state index contributed by atoms with van der Waals surface area (Å²) in [6, 6.07) is 11.1. The molecule has 3 rings (SSSR count). The van der Waals surface area contributed by atoms with Crippen LogP contribution in [0.2, 0.25) is 0 Å². The van der Waals surface area contributed by atoms with Gasteiger partial charge in [0.2, 0.25) is 10.0 Å². The fourth-order valence-electron chi connectivity index (χ4n) is 2.51. The molecule has 0 aliphatic carbocycles. The first-order valence-corrected chi connectivity index (χ1v) is 10.2. The van der Waals surface area contributed by atoms with E-state index < -0.39 is 16.0 Å². The fourth-order valence-corrected chi connectivity index (χ4v) is 4.27. The summed E-state index contributed by atoms with van der Waals surface area (Å²) in [7, 11) is -2.46. The van der Waals surface area contributed by atoms with Crippen LogP contribution in [0.15, 0.2) is 68.8 Å². The lowest BCUT2D eigenvalue weighted by Gasteiger charge is -2.15. The number of furan rings is 1. The molecule has 0 radical (unpaired) electrons. The van der Waals surface area contributed by atoms with E-state index >= 15 is 0 Å². The molecule has 1 aromatic carbocycles. The summed E-state index contributed by atoms with van der Waals surface area (Å²) in [4.78, 5) is 11.5. The maximum Gasteiger partial charge on any atom is 0.337 e. The van der Waals surface area contributed by atoms with Crippen LogP contribution in [0.1, 0.15) is 27.6 Å². The van der Waals surface area contributed by atoms with Crippen molar-refractivity contribution in [3.63, 3.8) is 0 Å². The Labute approximate surface area is 155 Å². The number of ether oxygens (including phenoxy) is 1. The van der Waals surface area contributed by atoms with Crippen molar-refractivity contribution in [3.8, 4) is 0 Å². The van der Waals surface area contributed by atoms with Crippen molar-refractivity contribution in [2.45, 2.75) is 10.8 Å². The van der Waals surface area contributed by atoms with Gasteiger partial charge in [-0.3, -0.25) is 0 Å². The quantitative estimate of drug-likeness (QED) is 0.625. The average molecular weight is 391 g/mol. The van der Waals surface area contributed by atoms with Crippen molar-refractivity contribution in [2.75, 3.05) is 13.7 Å². The molecular weight excluding hydrogens is 374 g/mol. The SMILES string of the molecule is COC(=O)c1ccc(S(=O)(=O)NCC(c2ccsc2)c2ccco2)cc1. The van der Waals surface area contributed by atoms with Crippen molar-refractivity contribution in [2.24, 2.45) is 0 Å². The Balaban J connectivity index is 1.77. The Hall–Kier alpha value is -2.42. The number of esters is 1. The molecular formula is C18H17NO5S2. The van der Waals surface area contributed by atoms with Crippen LogP contribution in [-0.2, 0) is 14.8 Å². The highest BCUT2D eigenvalue weighted by Crippen LogP contribution is 2.27. The smallest absolute Gasteiger partial charge is 0.337 e. The summed E-state index contributed by atoms with van der Waals surface area (Å²) in [5, 5.41) is 3.90. The van der Waals surface area contributed by atoms with Gasteiger partial charge in [-0.1, -0.05) is 0 Å². The number of benzene rings is 1. The summed E-state index contributed by atoms with van der Waals surface area (Å²) in [6.07, 6.45) is 1.56. The van der Waals surface area contributed by atoms with E-state index in [4.69, 9.17) is 4.42 Å². The third kappa shape index (κ3) is 4.04. The van der Waals surface area contributed by atoms with Gasteiger partial charge < -0.3 is 9.15 Å². The van der Waals surface area contributed by atoms with Gasteiger partial charge in [-0.15, -0.1) is 0 Å². The predicted molar refractivity (Wildman–Crippen MR) is 97.8 cm³/mol. The normalized spacial score (nSPS) is 12.7. The summed E-state index contributed by atoms with van der Waals surface area (Å²) in [6.45, 7) is 0.158. The minimum absolute atomic E-state index is 0.0775. The van der Waals surface area contributed by atoms with E-state index in [0.29, 0.717) is 5.76 Å². The van der Waals surface area contributed by atoms with Crippen LogP contribution in [0.25, 0.3) is 0 Å². The molecule has 3 aromatic rings. The number of carbonyl (C=O) groups excluding carboxylic acids is 1. The second-order valence-corrected chi connectivity index (χ2v) is 8.04. The molecule has 136 valence electrons. The topological polar surface area (TPSA) is 85.6 Å². The van der Waals surface area contributed by atoms with E-state index in [1.54, 1.807) is 12.3 Å². The molecule has 0 fully saturated rings. The van der Waals surface area contributed by atoms with Gasteiger partial charge >= 0.3 is 5.97 Å². The Kier molecular flexibility index (Phi) is 5.55. The molecule has 0 saturated heterocycles. The zero-order chi connectivity index (χ0) is 18.6. The number of methoxy groups -OCH3 is 1. The van der Waals surface area contributed by atoms with Gasteiger partial charge in [0.25, 0.3) is 0 Å². The minimum Gasteiger partial charge on any atom is -0.469 e. The van der Waals surface area contributed by atoms with Gasteiger partial charge in [0.05, 0.1) is 29.7 Å². The summed E-state index contributed by atoms with van der Waals surface area (Å²) in [5.74, 6) is -0.0512. The van der Waals surface area contributed by atoms with E-state index in [-0.39, 0.29) is 22.9 Å². The fraction of sp³-hybridized carbons (Fsp3) is 0.167. The summed E-state index contributed by atoms with van der Waals surface area (Å²) < 4.78 is 37.8. The van der Waals surface area contributed by atoms with Crippen LogP contribution < -0.4 is 4.72 Å². The van der Waals surface area contributed by atoms with Gasteiger partial charge in [-0.05, 0) is 58.8 Å². The lowest BCUT2D eigenvalue weighted by atomic mass is 10.00. The largest absolute Gasteiger partial charge is 0.469 e. The number of rotatable bonds is 7. The number of sulfonamides is 1. The van der Waals surface area contributed by atoms with Gasteiger partial charge in [0, 0.05) is 6.54 Å². The van der Waals surface area contributed by atoms with Crippen LogP contribution in [0.4, 0.5) is 0 Å². The molecule has 26 heavy (non-hydrogen) atoms. The van der Waals surface area contributed by atoms with Gasteiger partial charge in [-0.25, -0.2) is 17.9 Å². The van der Waals surface area contributed by atoms with E-state index in [9.17, 15) is 13.2 Å². The van der Waals surface area contributed by atoms with Crippen LogP contribution in [0.3, 0.4) is 0 Å². The number of hydrogen-bond donors (Lipinski definition) is 1. The molecule has 2 aromatic heterocycles. The lowest BCUT2D eigenvalue weighted by Crippen LogP contribution is -2.28. The van der Waals surface area contributed by atoms with E-state index in [0.717, 1.165) is 5.56 Å². The number of hydrogen-bond acceptors (Lipinski definition) is 6. The highest BCUT2D eigenvalue weighted by Gasteiger charge is 2.22. The Morgan fingerprint density at radius 1 is 1.23 bits per heavy atom. The van der Waals surface area contributed by atoms with E-state index in [1.165, 1.54) is 42.7 Å². The zero-order valence-corrected chi connectivity index (χ0v) is 15.5. The third-order valence-electron chi connectivity index (χ3n) is 3.90. The van der Waals surface area contributed by atoms with Crippen molar-refractivity contribution in [1.29, 1.82) is 0 Å². The molecule has 1 unspecified atom stereocenters. The maximum absolute atomic E-state index is 12.6. The van der Waals surface area contributed by atoms with Gasteiger partial charge in [0.15, 0.2) is 0 Å². The predicted octanol–water partition coefficient (Wildman–Crippen LogP) is 3.24. The zero-order valence-electron chi connectivity index (χ0n) is 13.9. The van der Waals surface area contributed by atoms with Crippen LogP contribution in [0, 0.1) is 0 Å². The van der Waals surface area contributed by atoms with Crippen LogP contribution in [0.5, 0.6) is 0 Å². The molecule has 1 atom stereocenters. The summed E-state index contributed by atoms with van der Waals surface area (Å²) in [5.41, 5.74) is 1.27. The second kappa shape index (κ2) is 7.86. The number of carbonyl (C=O) groups is 1. The van der Waals surface area contributed by atoms with Crippen molar-refractivity contribution < 1.29 is 22.4 Å². The first-order chi connectivity index (χ1) is 12.5. The molecule has 2 heterocycles. The van der Waals surface area contributed by atoms with E-state index in [2.05, 4.69) is 9.46 Å². The van der Waals surface area contributed by atoms with Crippen LogP contribution in [-0.4, -0.2) is 28.0 Å². The molecule has 1 N–H and O–H groups in total. The Morgan fingerprint density at radius 2 is 2.00 bits per heavy atom. The Morgan fingerprint density at radius 3 is 2.58 bits per heavy atom. The molecule has 0 amide bonds. The van der Waals surface area contributed by atoms with Gasteiger partial charge in [-0.2, -0.15) is 11.3 Å². The van der Waals surface area contributed by atoms with Crippen molar-refractivity contribution >= 4 is 27.3 Å². The Bertz CT molecular complexity index is 911. The molecule has 0 spiro atoms. The molecule has 0 saturated carbocycles. The molecule has 0 aliphatic heterocycles. The minimum atomic E-state index is -3.73.